The number of hydrogen-bond acceptors (Lipinski definition) is 4. The Hall–Kier alpha value is -2.17. The maximum Gasteiger partial charge on any atom is 0.176 e. The molecule has 4 rings (SSSR count). The molecule has 2 aliphatic rings. The lowest BCUT2D eigenvalue weighted by atomic mass is 9.90. The number of nitrogens with zero attached hydrogens (tertiary/aromatic N) is 1. The van der Waals surface area contributed by atoms with E-state index in [4.69, 9.17) is 0 Å². The topological polar surface area (TPSA) is 60.8 Å². The van der Waals surface area contributed by atoms with Crippen molar-refractivity contribution < 1.29 is 15.0 Å². The van der Waals surface area contributed by atoms with Gasteiger partial charge >= 0.3 is 0 Å². The summed E-state index contributed by atoms with van der Waals surface area (Å²) in [4.78, 5) is 14.7. The van der Waals surface area contributed by atoms with Gasteiger partial charge in [0.2, 0.25) is 0 Å². The summed E-state index contributed by atoms with van der Waals surface area (Å²) in [5, 5.41) is 20.6. The molecular formula is C24H29NO3. The molecule has 0 amide bonds. The van der Waals surface area contributed by atoms with Gasteiger partial charge in [0.1, 0.15) is 5.75 Å². The number of carbonyl (C=O) groups is 1. The third-order valence-electron chi connectivity index (χ3n) is 6.31. The van der Waals surface area contributed by atoms with Gasteiger partial charge in [-0.05, 0) is 68.4 Å². The van der Waals surface area contributed by atoms with Crippen molar-refractivity contribution in [1.29, 1.82) is 0 Å². The second-order valence-electron chi connectivity index (χ2n) is 8.99. The van der Waals surface area contributed by atoms with E-state index in [2.05, 4.69) is 36.9 Å². The van der Waals surface area contributed by atoms with E-state index in [1.807, 2.05) is 0 Å². The molecule has 28 heavy (non-hydrogen) atoms. The number of phenolic OH excluding ortho intramolecular Hbond substituents is 1. The Morgan fingerprint density at radius 3 is 2.18 bits per heavy atom. The first kappa shape index (κ1) is 19.2. The molecule has 148 valence electrons. The number of hydrogen-bond donors (Lipinski definition) is 2. The van der Waals surface area contributed by atoms with Crippen molar-refractivity contribution in [3.63, 3.8) is 0 Å². The van der Waals surface area contributed by atoms with Crippen LogP contribution in [0, 0.1) is 25.7 Å². The number of likely N-dealkylation sites (tertiary alicyclic amines) is 1. The predicted octanol–water partition coefficient (Wildman–Crippen LogP) is 3.51. The summed E-state index contributed by atoms with van der Waals surface area (Å²) in [6.45, 7) is 6.38. The molecule has 0 aromatic heterocycles. The van der Waals surface area contributed by atoms with Crippen LogP contribution in [-0.2, 0) is 6.42 Å². The van der Waals surface area contributed by atoms with E-state index in [9.17, 15) is 15.0 Å². The summed E-state index contributed by atoms with van der Waals surface area (Å²) < 4.78 is 0. The Morgan fingerprint density at radius 2 is 1.61 bits per heavy atom. The molecule has 1 aliphatic heterocycles. The molecule has 1 heterocycles. The predicted molar refractivity (Wildman–Crippen MR) is 110 cm³/mol. The number of aryl methyl sites for hydroxylation is 2. The summed E-state index contributed by atoms with van der Waals surface area (Å²) in [6.07, 6.45) is 2.35. The molecule has 1 saturated heterocycles. The van der Waals surface area contributed by atoms with Gasteiger partial charge in [0.15, 0.2) is 5.78 Å². The third-order valence-corrected chi connectivity index (χ3v) is 6.31. The zero-order valence-electron chi connectivity index (χ0n) is 16.7. The zero-order chi connectivity index (χ0) is 19.9. The minimum atomic E-state index is -0.622. The molecule has 2 N–H and O–H groups in total. The van der Waals surface area contributed by atoms with Crippen LogP contribution in [0.15, 0.2) is 42.5 Å². The maximum absolute atomic E-state index is 12.5. The number of fused-ring (bicyclic) bond motifs is 1. The van der Waals surface area contributed by atoms with Crippen LogP contribution in [0.3, 0.4) is 0 Å². The molecule has 2 aromatic carbocycles. The monoisotopic (exact) mass is 379 g/mol. The molecular weight excluding hydrogens is 350 g/mol. The van der Waals surface area contributed by atoms with Crippen molar-refractivity contribution in [2.24, 2.45) is 11.8 Å². The Balaban J connectivity index is 1.35. The van der Waals surface area contributed by atoms with Crippen LogP contribution in [0.4, 0.5) is 0 Å². The third kappa shape index (κ3) is 4.13. The average Bonchev–Trinajstić information content (AvgIpc) is 3.08. The number of phenols is 1. The summed E-state index contributed by atoms with van der Waals surface area (Å²) in [5.41, 5.74) is 3.73. The highest BCUT2D eigenvalue weighted by Crippen LogP contribution is 2.45. The fourth-order valence-electron chi connectivity index (χ4n) is 5.32. The SMILES string of the molecule is Cc1cc(C)cc(CC2(O)C[C@H]3CN(CC(=O)c4ccc(O)cc4)C[C@H]3C2)c1. The van der Waals surface area contributed by atoms with Crippen molar-refractivity contribution in [3.05, 3.63) is 64.7 Å². The van der Waals surface area contributed by atoms with E-state index in [-0.39, 0.29) is 11.5 Å². The van der Waals surface area contributed by atoms with E-state index < -0.39 is 5.60 Å². The Bertz CT molecular complexity index is 840. The normalized spacial score (nSPS) is 27.1. The number of aliphatic hydroxyl groups is 1. The van der Waals surface area contributed by atoms with Crippen molar-refractivity contribution in [1.82, 2.24) is 4.90 Å². The van der Waals surface area contributed by atoms with Gasteiger partial charge in [0, 0.05) is 25.1 Å². The molecule has 1 aliphatic carbocycles. The molecule has 0 spiro atoms. The molecule has 0 radical (unpaired) electrons. The lowest BCUT2D eigenvalue weighted by molar-refractivity contribution is 0.0355. The van der Waals surface area contributed by atoms with Crippen LogP contribution in [0.5, 0.6) is 5.75 Å². The number of ketones is 1. The van der Waals surface area contributed by atoms with E-state index >= 15 is 0 Å². The van der Waals surface area contributed by atoms with Crippen LogP contribution in [0.1, 0.15) is 39.9 Å². The highest BCUT2D eigenvalue weighted by atomic mass is 16.3. The smallest absolute Gasteiger partial charge is 0.176 e. The zero-order valence-corrected chi connectivity index (χ0v) is 16.7. The van der Waals surface area contributed by atoms with E-state index in [0.29, 0.717) is 23.9 Å². The summed E-state index contributed by atoms with van der Waals surface area (Å²) in [7, 11) is 0. The standard InChI is InChI=1S/C24H29NO3/c1-16-7-17(2)9-18(8-16)10-24(28)11-20-13-25(14-21(20)12-24)15-23(27)19-3-5-22(26)6-4-19/h3-9,20-21,26,28H,10-15H2,1-2H3/t20-,21+,24?. The van der Waals surface area contributed by atoms with Gasteiger partial charge in [-0.3, -0.25) is 9.69 Å². The van der Waals surface area contributed by atoms with E-state index in [1.54, 1.807) is 24.3 Å². The van der Waals surface area contributed by atoms with Crippen LogP contribution in [0.25, 0.3) is 0 Å². The van der Waals surface area contributed by atoms with Gasteiger partial charge in [-0.1, -0.05) is 29.3 Å². The fraction of sp³-hybridized carbons (Fsp3) is 0.458. The molecule has 2 aromatic rings. The Morgan fingerprint density at radius 1 is 1.04 bits per heavy atom. The summed E-state index contributed by atoms with van der Waals surface area (Å²) >= 11 is 0. The molecule has 1 saturated carbocycles. The van der Waals surface area contributed by atoms with Crippen LogP contribution in [0.2, 0.25) is 0 Å². The Kier molecular flexibility index (Phi) is 5.02. The fourth-order valence-corrected chi connectivity index (χ4v) is 5.32. The van der Waals surface area contributed by atoms with Gasteiger partial charge in [-0.2, -0.15) is 0 Å². The van der Waals surface area contributed by atoms with Crippen molar-refractivity contribution in [2.45, 2.75) is 38.7 Å². The first-order valence-corrected chi connectivity index (χ1v) is 10.1. The van der Waals surface area contributed by atoms with Gasteiger partial charge in [0.05, 0.1) is 12.1 Å². The molecule has 0 bridgehead atoms. The first-order valence-electron chi connectivity index (χ1n) is 10.1. The minimum absolute atomic E-state index is 0.0884. The lowest BCUT2D eigenvalue weighted by Gasteiger charge is -2.26. The van der Waals surface area contributed by atoms with Crippen molar-refractivity contribution >= 4 is 5.78 Å². The molecule has 2 fully saturated rings. The average molecular weight is 380 g/mol. The van der Waals surface area contributed by atoms with Crippen molar-refractivity contribution in [2.75, 3.05) is 19.6 Å². The number of benzene rings is 2. The van der Waals surface area contributed by atoms with Gasteiger partial charge in [-0.15, -0.1) is 0 Å². The Labute approximate surface area is 166 Å². The van der Waals surface area contributed by atoms with Gasteiger partial charge in [0.25, 0.3) is 0 Å². The number of carbonyl (C=O) groups excluding carboxylic acids is 1. The quantitative estimate of drug-likeness (QED) is 0.781. The molecule has 3 atom stereocenters. The van der Waals surface area contributed by atoms with Gasteiger partial charge < -0.3 is 10.2 Å². The van der Waals surface area contributed by atoms with Crippen LogP contribution in [-0.4, -0.2) is 46.1 Å². The van der Waals surface area contributed by atoms with Crippen molar-refractivity contribution in [3.8, 4) is 5.75 Å². The van der Waals surface area contributed by atoms with Crippen LogP contribution >= 0.6 is 0 Å². The number of rotatable bonds is 5. The van der Waals surface area contributed by atoms with E-state index in [0.717, 1.165) is 32.4 Å². The number of Topliss-reactive ketones (excluding diaryl/α,β-unsaturated/α-hetero) is 1. The summed E-state index contributed by atoms with van der Waals surface area (Å²) in [6, 6.07) is 13.0. The second kappa shape index (κ2) is 7.34. The first-order chi connectivity index (χ1) is 13.3. The second-order valence-corrected chi connectivity index (χ2v) is 8.99. The minimum Gasteiger partial charge on any atom is -0.508 e. The highest BCUT2D eigenvalue weighted by Gasteiger charge is 2.48. The van der Waals surface area contributed by atoms with Crippen LogP contribution < -0.4 is 0 Å². The molecule has 4 heteroatoms. The molecule has 1 unspecified atom stereocenters. The van der Waals surface area contributed by atoms with Gasteiger partial charge in [-0.25, -0.2) is 0 Å². The number of aromatic hydroxyl groups is 1. The summed E-state index contributed by atoms with van der Waals surface area (Å²) in [5.74, 6) is 1.19. The largest absolute Gasteiger partial charge is 0.508 e. The molecule has 4 nitrogen and oxygen atoms in total. The lowest BCUT2D eigenvalue weighted by Crippen LogP contribution is -2.34. The van der Waals surface area contributed by atoms with E-state index in [1.165, 1.54) is 16.7 Å². The highest BCUT2D eigenvalue weighted by molar-refractivity contribution is 5.97. The maximum atomic E-state index is 12.5.